The molecule has 0 aromatic heterocycles. The number of urea groups is 1. The number of methoxy groups -OCH3 is 3. The second kappa shape index (κ2) is 8.63. The van der Waals surface area contributed by atoms with E-state index in [1.165, 1.54) is 21.3 Å². The molecule has 1 aromatic carbocycles. The van der Waals surface area contributed by atoms with Gasteiger partial charge in [-0.15, -0.1) is 0 Å². The topological polar surface area (TPSA) is 80.3 Å². The third-order valence-corrected chi connectivity index (χ3v) is 4.27. The smallest absolute Gasteiger partial charge is 0.322 e. The minimum Gasteiger partial charge on any atom is -0.493 e. The van der Waals surface area contributed by atoms with Crippen LogP contribution in [0.5, 0.6) is 17.2 Å². The summed E-state index contributed by atoms with van der Waals surface area (Å²) in [5.74, 6) is 1.45. The number of rotatable bonds is 6. The van der Waals surface area contributed by atoms with Crippen LogP contribution in [0.1, 0.15) is 25.7 Å². The molecule has 0 bridgehead atoms. The molecule has 1 heterocycles. The second-order valence-corrected chi connectivity index (χ2v) is 5.70. The van der Waals surface area contributed by atoms with Gasteiger partial charge in [0.15, 0.2) is 11.5 Å². The van der Waals surface area contributed by atoms with Gasteiger partial charge >= 0.3 is 6.03 Å². The first-order valence-corrected chi connectivity index (χ1v) is 8.13. The highest BCUT2D eigenvalue weighted by Crippen LogP contribution is 2.40. The Morgan fingerprint density at radius 2 is 1.88 bits per heavy atom. The lowest BCUT2D eigenvalue weighted by molar-refractivity contribution is 0.141. The summed E-state index contributed by atoms with van der Waals surface area (Å²) in [5, 5.41) is 12.1. The van der Waals surface area contributed by atoms with Gasteiger partial charge in [-0.25, -0.2) is 4.79 Å². The van der Waals surface area contributed by atoms with Gasteiger partial charge in [-0.3, -0.25) is 0 Å². The molecule has 2 amide bonds. The third-order valence-electron chi connectivity index (χ3n) is 4.27. The lowest BCUT2D eigenvalue weighted by Gasteiger charge is -2.35. The summed E-state index contributed by atoms with van der Waals surface area (Å²) in [6.45, 7) is 0.777. The number of benzene rings is 1. The maximum absolute atomic E-state index is 12.6. The van der Waals surface area contributed by atoms with E-state index in [1.807, 2.05) is 0 Å². The molecule has 1 aliphatic heterocycles. The Labute approximate surface area is 142 Å². The number of carbonyl (C=O) groups excluding carboxylic acids is 1. The van der Waals surface area contributed by atoms with E-state index < -0.39 is 0 Å². The summed E-state index contributed by atoms with van der Waals surface area (Å²) in [7, 11) is 4.60. The largest absolute Gasteiger partial charge is 0.493 e. The van der Waals surface area contributed by atoms with Crippen molar-refractivity contribution in [2.24, 2.45) is 0 Å². The van der Waals surface area contributed by atoms with Crippen molar-refractivity contribution in [2.45, 2.75) is 31.7 Å². The molecule has 2 rings (SSSR count). The van der Waals surface area contributed by atoms with Crippen LogP contribution < -0.4 is 19.5 Å². The lowest BCUT2D eigenvalue weighted by Crippen LogP contribution is -2.46. The van der Waals surface area contributed by atoms with Crippen LogP contribution in [0.25, 0.3) is 0 Å². The van der Waals surface area contributed by atoms with E-state index in [9.17, 15) is 9.90 Å². The zero-order chi connectivity index (χ0) is 17.5. The van der Waals surface area contributed by atoms with Crippen molar-refractivity contribution < 1.29 is 24.1 Å². The van der Waals surface area contributed by atoms with Crippen LogP contribution in [0, 0.1) is 0 Å². The van der Waals surface area contributed by atoms with Crippen LogP contribution in [-0.2, 0) is 0 Å². The monoisotopic (exact) mass is 338 g/mol. The van der Waals surface area contributed by atoms with Gasteiger partial charge in [-0.2, -0.15) is 0 Å². The van der Waals surface area contributed by atoms with Crippen molar-refractivity contribution in [2.75, 3.05) is 39.8 Å². The molecule has 0 saturated carbocycles. The Kier molecular flexibility index (Phi) is 6.54. The number of anilines is 1. The minimum absolute atomic E-state index is 0.0748. The fraction of sp³-hybridized carbons (Fsp3) is 0.588. The number of likely N-dealkylation sites (tertiary alicyclic amines) is 1. The number of piperidine rings is 1. The molecule has 7 heteroatoms. The molecule has 1 aliphatic rings. The quantitative estimate of drug-likeness (QED) is 0.833. The van der Waals surface area contributed by atoms with E-state index in [-0.39, 0.29) is 18.7 Å². The Morgan fingerprint density at radius 3 is 2.42 bits per heavy atom. The van der Waals surface area contributed by atoms with Crippen molar-refractivity contribution in [3.63, 3.8) is 0 Å². The normalized spacial score (nSPS) is 17.3. The van der Waals surface area contributed by atoms with Crippen molar-refractivity contribution in [3.8, 4) is 17.2 Å². The molecule has 0 spiro atoms. The summed E-state index contributed by atoms with van der Waals surface area (Å²) in [4.78, 5) is 14.4. The Bertz CT molecular complexity index is 537. The molecule has 2 N–H and O–H groups in total. The molecule has 0 radical (unpaired) electrons. The van der Waals surface area contributed by atoms with Gasteiger partial charge in [-0.05, 0) is 25.7 Å². The fourth-order valence-electron chi connectivity index (χ4n) is 3.07. The Hall–Kier alpha value is -2.15. The van der Waals surface area contributed by atoms with Gasteiger partial charge in [-0.1, -0.05) is 0 Å². The molecule has 0 aliphatic carbocycles. The predicted molar refractivity (Wildman–Crippen MR) is 91.2 cm³/mol. The molecule has 1 saturated heterocycles. The molecule has 1 fully saturated rings. The van der Waals surface area contributed by atoms with Crippen molar-refractivity contribution in [3.05, 3.63) is 12.1 Å². The maximum atomic E-state index is 12.6. The van der Waals surface area contributed by atoms with E-state index in [0.717, 1.165) is 19.3 Å². The highest BCUT2D eigenvalue weighted by Gasteiger charge is 2.26. The molecule has 1 aromatic rings. The standard InChI is InChI=1S/C17H26N2O5/c1-22-14-10-12(11-15(23-2)16(14)24-3)18-17(21)19-8-5-4-6-13(19)7-9-20/h10-11,13,20H,4-9H2,1-3H3,(H,18,21). The van der Waals surface area contributed by atoms with Gasteiger partial charge in [0.2, 0.25) is 5.75 Å². The number of ether oxygens (including phenoxy) is 3. The predicted octanol–water partition coefficient (Wildman–Crippen LogP) is 2.48. The molecular formula is C17H26N2O5. The number of hydrogen-bond donors (Lipinski definition) is 2. The van der Waals surface area contributed by atoms with Crippen LogP contribution in [0.3, 0.4) is 0 Å². The highest BCUT2D eigenvalue weighted by molar-refractivity contribution is 5.90. The number of amides is 2. The Balaban J connectivity index is 2.18. The molecule has 1 atom stereocenters. The van der Waals surface area contributed by atoms with Crippen LogP contribution in [-0.4, -0.2) is 56.6 Å². The maximum Gasteiger partial charge on any atom is 0.322 e. The van der Waals surface area contributed by atoms with Crippen LogP contribution in [0.2, 0.25) is 0 Å². The van der Waals surface area contributed by atoms with Crippen LogP contribution >= 0.6 is 0 Å². The van der Waals surface area contributed by atoms with Crippen molar-refractivity contribution >= 4 is 11.7 Å². The van der Waals surface area contributed by atoms with Crippen LogP contribution in [0.15, 0.2) is 12.1 Å². The van der Waals surface area contributed by atoms with E-state index in [4.69, 9.17) is 14.2 Å². The average Bonchev–Trinajstić information content (AvgIpc) is 2.61. The van der Waals surface area contributed by atoms with Gasteiger partial charge in [0, 0.05) is 31.3 Å². The number of aliphatic hydroxyl groups is 1. The van der Waals surface area contributed by atoms with Gasteiger partial charge in [0.1, 0.15) is 0 Å². The SMILES string of the molecule is COc1cc(NC(=O)N2CCCCC2CCO)cc(OC)c1OC. The van der Waals surface area contributed by atoms with Gasteiger partial charge in [0.25, 0.3) is 0 Å². The average molecular weight is 338 g/mol. The molecule has 134 valence electrons. The second-order valence-electron chi connectivity index (χ2n) is 5.70. The lowest BCUT2D eigenvalue weighted by atomic mass is 10.0. The number of nitrogens with one attached hydrogen (secondary N) is 1. The minimum atomic E-state index is -0.178. The summed E-state index contributed by atoms with van der Waals surface area (Å²) < 4.78 is 15.9. The summed E-state index contributed by atoms with van der Waals surface area (Å²) >= 11 is 0. The molecule has 24 heavy (non-hydrogen) atoms. The number of aliphatic hydroxyl groups excluding tert-OH is 1. The molecule has 7 nitrogen and oxygen atoms in total. The van der Waals surface area contributed by atoms with Crippen molar-refractivity contribution in [1.82, 2.24) is 4.90 Å². The van der Waals surface area contributed by atoms with Crippen LogP contribution in [0.4, 0.5) is 10.5 Å². The van der Waals surface area contributed by atoms with E-state index in [1.54, 1.807) is 17.0 Å². The summed E-state index contributed by atoms with van der Waals surface area (Å²) in [6.07, 6.45) is 3.58. The van der Waals surface area contributed by atoms with E-state index >= 15 is 0 Å². The summed E-state index contributed by atoms with van der Waals surface area (Å²) in [6, 6.07) is 3.29. The fourth-order valence-corrected chi connectivity index (χ4v) is 3.07. The van der Waals surface area contributed by atoms with Gasteiger partial charge in [0.05, 0.1) is 27.0 Å². The van der Waals surface area contributed by atoms with Gasteiger partial charge < -0.3 is 29.5 Å². The first kappa shape index (κ1) is 18.2. The Morgan fingerprint density at radius 1 is 1.21 bits per heavy atom. The number of nitrogens with zero attached hydrogens (tertiary/aromatic N) is 1. The number of carbonyl (C=O) groups is 1. The summed E-state index contributed by atoms with van der Waals surface area (Å²) in [5.41, 5.74) is 0.572. The van der Waals surface area contributed by atoms with E-state index in [0.29, 0.717) is 35.9 Å². The number of hydrogen-bond acceptors (Lipinski definition) is 5. The van der Waals surface area contributed by atoms with Crippen molar-refractivity contribution in [1.29, 1.82) is 0 Å². The molecular weight excluding hydrogens is 312 g/mol. The first-order chi connectivity index (χ1) is 11.6. The molecule has 1 unspecified atom stereocenters. The van der Waals surface area contributed by atoms with E-state index in [2.05, 4.69) is 5.32 Å². The zero-order valence-corrected chi connectivity index (χ0v) is 14.5. The highest BCUT2D eigenvalue weighted by atomic mass is 16.5. The first-order valence-electron chi connectivity index (χ1n) is 8.13. The zero-order valence-electron chi connectivity index (χ0n) is 14.5. The third kappa shape index (κ3) is 4.03.